The molecule has 0 atom stereocenters. The van der Waals surface area contributed by atoms with Crippen LogP contribution in [0.5, 0.6) is 11.5 Å². The molecule has 33 heavy (non-hydrogen) atoms. The summed E-state index contributed by atoms with van der Waals surface area (Å²) >= 11 is 7.53. The fourth-order valence-electron chi connectivity index (χ4n) is 3.16. The summed E-state index contributed by atoms with van der Waals surface area (Å²) in [5.41, 5.74) is 1.04. The zero-order valence-electron chi connectivity index (χ0n) is 17.4. The van der Waals surface area contributed by atoms with Crippen LogP contribution in [0.15, 0.2) is 47.6 Å². The average molecular weight is 497 g/mol. The van der Waals surface area contributed by atoms with Crippen LogP contribution in [0.25, 0.3) is 11.4 Å². The van der Waals surface area contributed by atoms with E-state index < -0.39 is 6.29 Å². The Balaban J connectivity index is 1.44. The van der Waals surface area contributed by atoms with E-state index >= 15 is 0 Å². The molecule has 1 N–H and O–H groups in total. The van der Waals surface area contributed by atoms with Gasteiger partial charge in [0.2, 0.25) is 5.91 Å². The lowest BCUT2D eigenvalue weighted by molar-refractivity contribution is -0.286. The molecule has 1 aliphatic rings. The summed E-state index contributed by atoms with van der Waals surface area (Å²) in [6.07, 6.45) is -3.00. The number of thioether (sulfide) groups is 1. The third kappa shape index (κ3) is 5.55. The number of carbonyl (C=O) groups is 1. The number of aromatic nitrogens is 3. The summed E-state index contributed by atoms with van der Waals surface area (Å²) in [6, 6.07) is 11.3. The van der Waals surface area contributed by atoms with Crippen molar-refractivity contribution < 1.29 is 27.8 Å². The molecule has 0 unspecified atom stereocenters. The number of rotatable bonds is 9. The molecule has 174 valence electrons. The summed E-state index contributed by atoms with van der Waals surface area (Å²) < 4.78 is 42.1. The second-order valence-corrected chi connectivity index (χ2v) is 8.30. The number of benzene rings is 2. The summed E-state index contributed by atoms with van der Waals surface area (Å²) in [5.74, 6) is 0.0271. The molecule has 0 radical (unpaired) electrons. The molecule has 3 aromatic rings. The summed E-state index contributed by atoms with van der Waals surface area (Å²) in [4.78, 5) is 12.5. The van der Waals surface area contributed by atoms with Gasteiger partial charge in [0.15, 0.2) is 22.5 Å². The average Bonchev–Trinajstić information content (AvgIpc) is 3.31. The molecule has 1 aliphatic heterocycles. The monoisotopic (exact) mass is 496 g/mol. The van der Waals surface area contributed by atoms with Crippen LogP contribution in [0.2, 0.25) is 5.02 Å². The fourth-order valence-corrected chi connectivity index (χ4v) is 4.14. The first-order valence-electron chi connectivity index (χ1n) is 9.86. The van der Waals surface area contributed by atoms with Crippen LogP contribution in [-0.2, 0) is 16.1 Å². The molecule has 8 nitrogen and oxygen atoms in total. The van der Waals surface area contributed by atoms with Gasteiger partial charge >= 0.3 is 6.29 Å². The van der Waals surface area contributed by atoms with Crippen molar-refractivity contribution in [2.75, 3.05) is 24.8 Å². The number of nitrogens with one attached hydrogen (secondary N) is 1. The van der Waals surface area contributed by atoms with Gasteiger partial charge in [-0.1, -0.05) is 35.5 Å². The number of fused-ring (bicyclic) bond motifs is 1. The lowest BCUT2D eigenvalue weighted by atomic mass is 10.2. The number of alkyl halides is 2. The van der Waals surface area contributed by atoms with Gasteiger partial charge in [-0.3, -0.25) is 4.79 Å². The second-order valence-electron chi connectivity index (χ2n) is 6.95. The summed E-state index contributed by atoms with van der Waals surface area (Å²) in [7, 11) is 1.62. The van der Waals surface area contributed by atoms with Gasteiger partial charge in [-0.2, -0.15) is 0 Å². The van der Waals surface area contributed by atoms with Gasteiger partial charge in [0.05, 0.1) is 10.8 Å². The Morgan fingerprint density at radius 1 is 1.21 bits per heavy atom. The van der Waals surface area contributed by atoms with E-state index in [1.165, 1.54) is 30.0 Å². The van der Waals surface area contributed by atoms with Gasteiger partial charge in [-0.15, -0.1) is 19.0 Å². The highest BCUT2D eigenvalue weighted by Gasteiger charge is 2.43. The van der Waals surface area contributed by atoms with Crippen molar-refractivity contribution >= 4 is 35.0 Å². The Morgan fingerprint density at radius 2 is 2.00 bits per heavy atom. The van der Waals surface area contributed by atoms with Gasteiger partial charge in [-0.05, 0) is 30.7 Å². The smallest absolute Gasteiger partial charge is 0.395 e. The van der Waals surface area contributed by atoms with E-state index in [9.17, 15) is 13.6 Å². The molecule has 0 bridgehead atoms. The summed E-state index contributed by atoms with van der Waals surface area (Å²) in [6.45, 7) is 1.12. The maximum atomic E-state index is 13.2. The molecule has 2 aromatic carbocycles. The van der Waals surface area contributed by atoms with Crippen LogP contribution < -0.4 is 14.8 Å². The first-order chi connectivity index (χ1) is 15.9. The molecule has 1 amide bonds. The first-order valence-corrected chi connectivity index (χ1v) is 11.2. The van der Waals surface area contributed by atoms with E-state index in [2.05, 4.69) is 25.0 Å². The quantitative estimate of drug-likeness (QED) is 0.340. The number of amides is 1. The largest absolute Gasteiger partial charge is 0.586 e. The number of ether oxygens (including phenoxy) is 3. The molecule has 2 heterocycles. The van der Waals surface area contributed by atoms with Gasteiger partial charge in [0, 0.05) is 37.6 Å². The van der Waals surface area contributed by atoms with Crippen molar-refractivity contribution in [3.63, 3.8) is 0 Å². The van der Waals surface area contributed by atoms with Crippen molar-refractivity contribution in [1.29, 1.82) is 0 Å². The van der Waals surface area contributed by atoms with Crippen LogP contribution in [0.3, 0.4) is 0 Å². The number of methoxy groups -OCH3 is 1. The third-order valence-electron chi connectivity index (χ3n) is 4.58. The van der Waals surface area contributed by atoms with Crippen LogP contribution in [0, 0.1) is 0 Å². The highest BCUT2D eigenvalue weighted by molar-refractivity contribution is 7.99. The molecule has 1 aromatic heterocycles. The van der Waals surface area contributed by atoms with Crippen LogP contribution in [0.1, 0.15) is 6.42 Å². The predicted molar refractivity (Wildman–Crippen MR) is 119 cm³/mol. The zero-order chi connectivity index (χ0) is 23.4. The normalized spacial score (nSPS) is 13.8. The molecule has 0 fully saturated rings. The van der Waals surface area contributed by atoms with E-state index in [-0.39, 0.29) is 23.2 Å². The van der Waals surface area contributed by atoms with E-state index in [0.717, 1.165) is 5.56 Å². The molecule has 12 heteroatoms. The van der Waals surface area contributed by atoms with Crippen molar-refractivity contribution in [2.45, 2.75) is 24.4 Å². The maximum absolute atomic E-state index is 13.2. The third-order valence-corrected chi connectivity index (χ3v) is 5.88. The Hall–Kier alpha value is -2.89. The van der Waals surface area contributed by atoms with E-state index in [1.54, 1.807) is 13.2 Å². The molecular weight excluding hydrogens is 478 g/mol. The van der Waals surface area contributed by atoms with Crippen molar-refractivity contribution in [1.82, 2.24) is 14.8 Å². The number of nitrogens with zero attached hydrogens (tertiary/aromatic N) is 3. The molecule has 0 saturated carbocycles. The molecule has 4 rings (SSSR count). The number of hydrogen-bond acceptors (Lipinski definition) is 7. The lowest BCUT2D eigenvalue weighted by Gasteiger charge is -2.11. The van der Waals surface area contributed by atoms with Crippen LogP contribution in [0.4, 0.5) is 14.5 Å². The Morgan fingerprint density at radius 3 is 2.79 bits per heavy atom. The maximum Gasteiger partial charge on any atom is 0.586 e. The summed E-state index contributed by atoms with van der Waals surface area (Å²) in [5, 5.41) is 12.2. The van der Waals surface area contributed by atoms with E-state index in [4.69, 9.17) is 16.3 Å². The zero-order valence-corrected chi connectivity index (χ0v) is 19.0. The van der Waals surface area contributed by atoms with Gasteiger partial charge < -0.3 is 24.1 Å². The predicted octanol–water partition coefficient (Wildman–Crippen LogP) is 4.69. The SMILES string of the molecule is COCCCn1c(SCC(=O)Nc2ccc3c(c2)OC(F)(F)O3)nnc1-c1ccccc1Cl. The standard InChI is InChI=1S/C21H19ClF2N4O4S/c1-30-10-4-9-28-19(14-5-2-3-6-15(14)22)26-27-20(28)33-12-18(29)25-13-7-8-16-17(11-13)32-21(23,24)31-16/h2-3,5-8,11H,4,9-10,12H2,1H3,(H,25,29). The Labute approximate surface area is 197 Å². The van der Waals surface area contributed by atoms with Gasteiger partial charge in [0.25, 0.3) is 0 Å². The number of halogens is 3. The topological polar surface area (TPSA) is 87.5 Å². The highest BCUT2D eigenvalue weighted by atomic mass is 35.5. The minimum atomic E-state index is -3.72. The number of anilines is 1. The number of carbonyl (C=O) groups excluding carboxylic acids is 1. The van der Waals surface area contributed by atoms with Gasteiger partial charge in [-0.25, -0.2) is 0 Å². The first kappa shape index (κ1) is 23.3. The fraction of sp³-hybridized carbons (Fsp3) is 0.286. The van der Waals surface area contributed by atoms with Gasteiger partial charge in [0.1, 0.15) is 0 Å². The molecule has 0 aliphatic carbocycles. The number of hydrogen-bond donors (Lipinski definition) is 1. The minimum Gasteiger partial charge on any atom is -0.395 e. The van der Waals surface area contributed by atoms with Crippen molar-refractivity contribution in [2.24, 2.45) is 0 Å². The highest BCUT2D eigenvalue weighted by Crippen LogP contribution is 2.42. The Bertz CT molecular complexity index is 1160. The second kappa shape index (κ2) is 9.94. The minimum absolute atomic E-state index is 0.0233. The molecule has 0 spiro atoms. The lowest BCUT2D eigenvalue weighted by Crippen LogP contribution is -2.25. The Kier molecular flexibility index (Phi) is 7.01. The van der Waals surface area contributed by atoms with E-state index in [1.807, 2.05) is 22.8 Å². The van der Waals surface area contributed by atoms with E-state index in [0.29, 0.717) is 41.3 Å². The molecule has 0 saturated heterocycles. The van der Waals surface area contributed by atoms with Crippen molar-refractivity contribution in [3.05, 3.63) is 47.5 Å². The van der Waals surface area contributed by atoms with Crippen molar-refractivity contribution in [3.8, 4) is 22.9 Å². The molecular formula is C21H19ClF2N4O4S. The van der Waals surface area contributed by atoms with Crippen LogP contribution >= 0.6 is 23.4 Å². The van der Waals surface area contributed by atoms with Crippen LogP contribution in [-0.4, -0.2) is 46.4 Å².